The van der Waals surface area contributed by atoms with Gasteiger partial charge >= 0.3 is 23.9 Å². The Balaban J connectivity index is 0.000000310. The van der Waals surface area contributed by atoms with Crippen molar-refractivity contribution in [3.05, 3.63) is 95.1 Å². The van der Waals surface area contributed by atoms with Gasteiger partial charge in [0.05, 0.1) is 22.3 Å². The minimum absolute atomic E-state index is 0.0186. The number of benzene rings is 3. The third-order valence-electron chi connectivity index (χ3n) is 4.36. The monoisotopic (exact) mass is 482 g/mol. The zero-order valence-electron chi connectivity index (χ0n) is 19.2. The molecule has 0 amide bonds. The molecule has 35 heavy (non-hydrogen) atoms. The van der Waals surface area contributed by atoms with Gasteiger partial charge < -0.3 is 25.2 Å². The highest BCUT2D eigenvalue weighted by Gasteiger charge is 2.07. The van der Waals surface area contributed by atoms with Crippen molar-refractivity contribution in [2.24, 2.45) is 0 Å². The van der Waals surface area contributed by atoms with Crippen molar-refractivity contribution >= 4 is 23.9 Å². The van der Waals surface area contributed by atoms with Gasteiger partial charge in [0.15, 0.2) is 0 Å². The Morgan fingerprint density at radius 3 is 1.09 bits per heavy atom. The van der Waals surface area contributed by atoms with Crippen molar-refractivity contribution in [1.29, 1.82) is 0 Å². The van der Waals surface area contributed by atoms with Crippen LogP contribution in [0, 0.1) is 0 Å². The summed E-state index contributed by atoms with van der Waals surface area (Å²) in [5.41, 5.74) is 2.10. The molecule has 0 aliphatic carbocycles. The second-order valence-electron chi connectivity index (χ2n) is 6.74. The Bertz CT molecular complexity index is 1050. The average molecular weight is 482 g/mol. The molecule has 0 saturated heterocycles. The van der Waals surface area contributed by atoms with Crippen molar-refractivity contribution in [3.63, 3.8) is 0 Å². The first kappa shape index (κ1) is 28.5. The fraction of sp³-hybridized carbons (Fsp3) is 0.154. The van der Waals surface area contributed by atoms with Crippen LogP contribution in [0.25, 0.3) is 11.1 Å². The van der Waals surface area contributed by atoms with Crippen LogP contribution in [0.15, 0.2) is 72.8 Å². The van der Waals surface area contributed by atoms with E-state index in [-0.39, 0.29) is 22.3 Å². The van der Waals surface area contributed by atoms with Crippen LogP contribution in [0.3, 0.4) is 0 Å². The van der Waals surface area contributed by atoms with Gasteiger partial charge in [0.1, 0.15) is 0 Å². The molecule has 0 spiro atoms. The summed E-state index contributed by atoms with van der Waals surface area (Å²) in [7, 11) is 0. The maximum absolute atomic E-state index is 10.7. The molecule has 0 heterocycles. The Hall–Kier alpha value is -4.50. The number of carboxylic acids is 4. The molecule has 0 unspecified atom stereocenters. The molecular weight excluding hydrogens is 456 g/mol. The summed E-state index contributed by atoms with van der Waals surface area (Å²) >= 11 is 0. The predicted octanol–water partition coefficient (Wildman–Crippen LogP) is 4.88. The highest BCUT2D eigenvalue weighted by atomic mass is 16.5. The van der Waals surface area contributed by atoms with Crippen LogP contribution >= 0.6 is 0 Å². The number of ether oxygens (including phenoxy) is 1. The zero-order valence-corrected chi connectivity index (χ0v) is 19.2. The Morgan fingerprint density at radius 2 is 0.857 bits per heavy atom. The first-order valence-electron chi connectivity index (χ1n) is 10.4. The van der Waals surface area contributed by atoms with Crippen LogP contribution in [-0.2, 0) is 4.74 Å². The Labute approximate surface area is 201 Å². The molecule has 4 N–H and O–H groups in total. The summed E-state index contributed by atoms with van der Waals surface area (Å²) < 4.78 is 4.83. The second kappa shape index (κ2) is 14.6. The van der Waals surface area contributed by atoms with Gasteiger partial charge in [0.2, 0.25) is 0 Å². The van der Waals surface area contributed by atoms with Crippen molar-refractivity contribution in [3.8, 4) is 11.1 Å². The number of aromatic carboxylic acids is 4. The van der Waals surface area contributed by atoms with Gasteiger partial charge in [-0.1, -0.05) is 30.3 Å². The third kappa shape index (κ3) is 9.89. The van der Waals surface area contributed by atoms with E-state index in [0.29, 0.717) is 0 Å². The smallest absolute Gasteiger partial charge is 0.335 e. The lowest BCUT2D eigenvalue weighted by Crippen LogP contribution is -2.01. The topological polar surface area (TPSA) is 158 Å². The van der Waals surface area contributed by atoms with Crippen molar-refractivity contribution < 1.29 is 44.3 Å². The molecule has 0 aliphatic rings. The SMILES string of the molecule is CCOCC.O=C(O)c1ccc(-c2ccc(C(=O)O)cc2)cc1.O=C(O)c1cccc(C(=O)O)c1. The molecule has 9 heteroatoms. The van der Waals surface area contributed by atoms with Gasteiger partial charge in [-0.25, -0.2) is 19.2 Å². The molecule has 0 saturated carbocycles. The molecule has 184 valence electrons. The van der Waals surface area contributed by atoms with Crippen LogP contribution in [0.1, 0.15) is 55.3 Å². The number of hydrogen-bond donors (Lipinski definition) is 4. The van der Waals surface area contributed by atoms with Crippen LogP contribution < -0.4 is 0 Å². The molecule has 3 aromatic rings. The lowest BCUT2D eigenvalue weighted by atomic mass is 10.0. The maximum Gasteiger partial charge on any atom is 0.335 e. The minimum Gasteiger partial charge on any atom is -0.478 e. The van der Waals surface area contributed by atoms with Crippen molar-refractivity contribution in [2.75, 3.05) is 13.2 Å². The molecule has 0 aliphatic heterocycles. The summed E-state index contributed by atoms with van der Waals surface area (Å²) in [6.45, 7) is 5.67. The molecular formula is C26H26O9. The van der Waals surface area contributed by atoms with Crippen molar-refractivity contribution in [2.45, 2.75) is 13.8 Å². The number of carbonyl (C=O) groups is 4. The van der Waals surface area contributed by atoms with Gasteiger partial charge in [0, 0.05) is 13.2 Å². The summed E-state index contributed by atoms with van der Waals surface area (Å²) in [5, 5.41) is 34.6. The van der Waals surface area contributed by atoms with E-state index in [0.717, 1.165) is 30.4 Å². The van der Waals surface area contributed by atoms with E-state index >= 15 is 0 Å². The molecule has 3 rings (SSSR count). The van der Waals surface area contributed by atoms with Gasteiger partial charge in [-0.3, -0.25) is 0 Å². The van der Waals surface area contributed by atoms with E-state index in [2.05, 4.69) is 0 Å². The number of hydrogen-bond acceptors (Lipinski definition) is 5. The molecule has 0 radical (unpaired) electrons. The quantitative estimate of drug-likeness (QED) is 0.368. The third-order valence-corrected chi connectivity index (χ3v) is 4.36. The first-order valence-corrected chi connectivity index (χ1v) is 10.4. The van der Waals surface area contributed by atoms with E-state index in [9.17, 15) is 19.2 Å². The average Bonchev–Trinajstić information content (AvgIpc) is 2.85. The van der Waals surface area contributed by atoms with E-state index in [1.807, 2.05) is 13.8 Å². The summed E-state index contributed by atoms with van der Waals surface area (Å²) in [4.78, 5) is 42.2. The van der Waals surface area contributed by atoms with E-state index in [1.165, 1.54) is 42.5 Å². The van der Waals surface area contributed by atoms with Gasteiger partial charge in [-0.2, -0.15) is 0 Å². The molecule has 9 nitrogen and oxygen atoms in total. The molecule has 0 aromatic heterocycles. The van der Waals surface area contributed by atoms with Gasteiger partial charge in [-0.15, -0.1) is 0 Å². The maximum atomic E-state index is 10.7. The number of carboxylic acid groups (broad SMARTS) is 4. The molecule has 0 atom stereocenters. The second-order valence-corrected chi connectivity index (χ2v) is 6.74. The van der Waals surface area contributed by atoms with Crippen LogP contribution in [-0.4, -0.2) is 57.5 Å². The first-order chi connectivity index (χ1) is 16.6. The molecule has 3 aromatic carbocycles. The summed E-state index contributed by atoms with van der Waals surface area (Å²) in [6.07, 6.45) is 0. The van der Waals surface area contributed by atoms with E-state index in [1.54, 1.807) is 24.3 Å². The molecule has 0 bridgehead atoms. The summed E-state index contributed by atoms with van der Waals surface area (Å²) in [6, 6.07) is 18.0. The largest absolute Gasteiger partial charge is 0.478 e. The summed E-state index contributed by atoms with van der Waals surface area (Å²) in [5.74, 6) is -4.19. The molecule has 0 fully saturated rings. The highest BCUT2D eigenvalue weighted by molar-refractivity contribution is 5.93. The van der Waals surface area contributed by atoms with Gasteiger partial charge in [0.25, 0.3) is 0 Å². The Kier molecular flexibility index (Phi) is 11.9. The van der Waals surface area contributed by atoms with Crippen LogP contribution in [0.2, 0.25) is 0 Å². The standard InChI is InChI=1S/C14H10O4.C8H6O4.C4H10O/c15-13(16)11-5-1-9(2-6-11)10-3-7-12(8-4-10)14(17)18;9-7(10)5-2-1-3-6(4-5)8(11)12;1-3-5-4-2/h1-8H,(H,15,16)(H,17,18);1-4H,(H,9,10)(H,11,12);3-4H2,1-2H3. The van der Waals surface area contributed by atoms with Gasteiger partial charge in [-0.05, 0) is 67.4 Å². The van der Waals surface area contributed by atoms with E-state index < -0.39 is 23.9 Å². The van der Waals surface area contributed by atoms with Crippen LogP contribution in [0.4, 0.5) is 0 Å². The fourth-order valence-corrected chi connectivity index (χ4v) is 2.60. The van der Waals surface area contributed by atoms with Crippen molar-refractivity contribution in [1.82, 2.24) is 0 Å². The number of rotatable bonds is 7. The minimum atomic E-state index is -1.13. The Morgan fingerprint density at radius 1 is 0.543 bits per heavy atom. The zero-order chi connectivity index (χ0) is 26.4. The highest BCUT2D eigenvalue weighted by Crippen LogP contribution is 2.20. The lowest BCUT2D eigenvalue weighted by molar-refractivity contribution is 0.0680. The normalized spacial score (nSPS) is 9.54. The fourth-order valence-electron chi connectivity index (χ4n) is 2.60. The van der Waals surface area contributed by atoms with Crippen LogP contribution in [0.5, 0.6) is 0 Å². The predicted molar refractivity (Wildman–Crippen MR) is 128 cm³/mol. The lowest BCUT2D eigenvalue weighted by Gasteiger charge is -2.03. The van der Waals surface area contributed by atoms with E-state index in [4.69, 9.17) is 25.2 Å².